The molecule has 0 atom stereocenters. The van der Waals surface area contributed by atoms with Gasteiger partial charge in [-0.25, -0.2) is 0 Å². The molecule has 0 radical (unpaired) electrons. The van der Waals surface area contributed by atoms with Crippen LogP contribution in [0, 0.1) is 0 Å². The Labute approximate surface area is 132 Å². The summed E-state index contributed by atoms with van der Waals surface area (Å²) in [7, 11) is 3.32. The molecule has 0 fully saturated rings. The van der Waals surface area contributed by atoms with E-state index >= 15 is 0 Å². The van der Waals surface area contributed by atoms with Gasteiger partial charge < -0.3 is 19.5 Å². The van der Waals surface area contributed by atoms with E-state index in [0.29, 0.717) is 6.54 Å². The molecule has 0 unspecified atom stereocenters. The number of benzene rings is 2. The lowest BCUT2D eigenvalue weighted by Crippen LogP contribution is -2.07. The molecule has 4 heteroatoms. The molecule has 0 aliphatic carbocycles. The molecule has 0 saturated heterocycles. The van der Waals surface area contributed by atoms with Gasteiger partial charge in [-0.1, -0.05) is 12.1 Å². The third kappa shape index (κ3) is 4.32. The minimum Gasteiger partial charge on any atom is -0.497 e. The summed E-state index contributed by atoms with van der Waals surface area (Å²) < 4.78 is 16.3. The fraction of sp³-hybridized carbons (Fsp3) is 0.333. The van der Waals surface area contributed by atoms with Crippen molar-refractivity contribution in [2.45, 2.75) is 26.5 Å². The van der Waals surface area contributed by atoms with Gasteiger partial charge in [0.25, 0.3) is 0 Å². The van der Waals surface area contributed by atoms with Crippen LogP contribution in [0.1, 0.15) is 19.4 Å². The van der Waals surface area contributed by atoms with Crippen molar-refractivity contribution in [2.24, 2.45) is 0 Å². The standard InChI is InChI=1S/C18H23NO3/c1-13(2)22-17-9-8-14(10-18(17)21-4)12-19-15-6-5-7-16(11-15)20-3/h5-11,13,19H,12H2,1-4H3. The van der Waals surface area contributed by atoms with Crippen molar-refractivity contribution in [3.8, 4) is 17.2 Å². The lowest BCUT2D eigenvalue weighted by molar-refractivity contribution is 0.230. The van der Waals surface area contributed by atoms with Gasteiger partial charge in [-0.2, -0.15) is 0 Å². The maximum Gasteiger partial charge on any atom is 0.161 e. The summed E-state index contributed by atoms with van der Waals surface area (Å²) in [5.41, 5.74) is 2.14. The number of nitrogens with one attached hydrogen (secondary N) is 1. The molecule has 2 aromatic rings. The number of methoxy groups -OCH3 is 2. The molecule has 1 N–H and O–H groups in total. The van der Waals surface area contributed by atoms with Gasteiger partial charge in [0.2, 0.25) is 0 Å². The van der Waals surface area contributed by atoms with Crippen molar-refractivity contribution in [2.75, 3.05) is 19.5 Å². The highest BCUT2D eigenvalue weighted by Crippen LogP contribution is 2.29. The zero-order valence-electron chi connectivity index (χ0n) is 13.6. The smallest absolute Gasteiger partial charge is 0.161 e. The predicted molar refractivity (Wildman–Crippen MR) is 89.1 cm³/mol. The van der Waals surface area contributed by atoms with Crippen LogP contribution >= 0.6 is 0 Å². The van der Waals surface area contributed by atoms with E-state index in [2.05, 4.69) is 5.32 Å². The minimum absolute atomic E-state index is 0.120. The van der Waals surface area contributed by atoms with E-state index in [1.54, 1.807) is 14.2 Å². The molecule has 2 rings (SSSR count). The third-order valence-electron chi connectivity index (χ3n) is 3.16. The molecule has 0 amide bonds. The largest absolute Gasteiger partial charge is 0.497 e. The number of hydrogen-bond donors (Lipinski definition) is 1. The second-order valence-electron chi connectivity index (χ2n) is 5.24. The van der Waals surface area contributed by atoms with Gasteiger partial charge in [0, 0.05) is 18.3 Å². The Hall–Kier alpha value is -2.36. The SMILES string of the molecule is COc1cccc(NCc2ccc(OC(C)C)c(OC)c2)c1. The highest BCUT2D eigenvalue weighted by atomic mass is 16.5. The second kappa shape index (κ2) is 7.59. The van der Waals surface area contributed by atoms with E-state index in [-0.39, 0.29) is 6.10 Å². The maximum absolute atomic E-state index is 5.72. The lowest BCUT2D eigenvalue weighted by Gasteiger charge is -2.15. The van der Waals surface area contributed by atoms with E-state index in [9.17, 15) is 0 Å². The zero-order valence-corrected chi connectivity index (χ0v) is 13.6. The van der Waals surface area contributed by atoms with Gasteiger partial charge >= 0.3 is 0 Å². The maximum atomic E-state index is 5.72. The predicted octanol–water partition coefficient (Wildman–Crippen LogP) is 4.10. The van der Waals surface area contributed by atoms with Crippen molar-refractivity contribution in [3.63, 3.8) is 0 Å². The van der Waals surface area contributed by atoms with Crippen molar-refractivity contribution < 1.29 is 14.2 Å². The molecule has 0 aromatic heterocycles. The van der Waals surface area contributed by atoms with Crippen LogP contribution < -0.4 is 19.5 Å². The van der Waals surface area contributed by atoms with Crippen LogP contribution in [0.3, 0.4) is 0 Å². The highest BCUT2D eigenvalue weighted by molar-refractivity contribution is 5.49. The fourth-order valence-electron chi connectivity index (χ4n) is 2.11. The lowest BCUT2D eigenvalue weighted by atomic mass is 10.2. The summed E-state index contributed by atoms with van der Waals surface area (Å²) in [6.07, 6.45) is 0.120. The summed E-state index contributed by atoms with van der Waals surface area (Å²) >= 11 is 0. The van der Waals surface area contributed by atoms with Gasteiger partial charge in [0.1, 0.15) is 5.75 Å². The van der Waals surface area contributed by atoms with Gasteiger partial charge in [-0.3, -0.25) is 0 Å². The van der Waals surface area contributed by atoms with Crippen LogP contribution in [0.25, 0.3) is 0 Å². The molecule has 0 bridgehead atoms. The molecule has 22 heavy (non-hydrogen) atoms. The van der Waals surface area contributed by atoms with Crippen LogP contribution in [-0.4, -0.2) is 20.3 Å². The number of anilines is 1. The molecule has 2 aromatic carbocycles. The van der Waals surface area contributed by atoms with Gasteiger partial charge in [-0.15, -0.1) is 0 Å². The molecule has 0 spiro atoms. The van der Waals surface area contributed by atoms with E-state index < -0.39 is 0 Å². The number of hydrogen-bond acceptors (Lipinski definition) is 4. The van der Waals surface area contributed by atoms with E-state index in [4.69, 9.17) is 14.2 Å². The first-order chi connectivity index (χ1) is 10.6. The quantitative estimate of drug-likeness (QED) is 0.835. The van der Waals surface area contributed by atoms with Crippen LogP contribution in [0.15, 0.2) is 42.5 Å². The number of rotatable bonds is 7. The molecule has 118 valence electrons. The Morgan fingerprint density at radius 3 is 2.45 bits per heavy atom. The van der Waals surface area contributed by atoms with Crippen LogP contribution in [-0.2, 0) is 6.54 Å². The monoisotopic (exact) mass is 301 g/mol. The Kier molecular flexibility index (Phi) is 5.53. The van der Waals surface area contributed by atoms with Crippen LogP contribution in [0.2, 0.25) is 0 Å². The van der Waals surface area contributed by atoms with Gasteiger partial charge in [0.05, 0.1) is 20.3 Å². The van der Waals surface area contributed by atoms with Crippen LogP contribution in [0.5, 0.6) is 17.2 Å². The molecular formula is C18H23NO3. The summed E-state index contributed by atoms with van der Waals surface area (Å²) in [5, 5.41) is 3.37. The minimum atomic E-state index is 0.120. The molecule has 4 nitrogen and oxygen atoms in total. The molecule has 0 aliphatic heterocycles. The first-order valence-corrected chi connectivity index (χ1v) is 7.34. The Morgan fingerprint density at radius 2 is 1.77 bits per heavy atom. The summed E-state index contributed by atoms with van der Waals surface area (Å²) in [4.78, 5) is 0. The second-order valence-corrected chi connectivity index (χ2v) is 5.24. The molecular weight excluding hydrogens is 278 g/mol. The third-order valence-corrected chi connectivity index (χ3v) is 3.16. The Bertz CT molecular complexity index is 611. The van der Waals surface area contributed by atoms with Crippen molar-refractivity contribution >= 4 is 5.69 Å². The Morgan fingerprint density at radius 1 is 0.955 bits per heavy atom. The van der Waals surface area contributed by atoms with Crippen molar-refractivity contribution in [3.05, 3.63) is 48.0 Å². The van der Waals surface area contributed by atoms with E-state index in [1.807, 2.05) is 56.3 Å². The topological polar surface area (TPSA) is 39.7 Å². The normalized spacial score (nSPS) is 10.4. The Balaban J connectivity index is 2.06. The molecule has 0 heterocycles. The summed E-state index contributed by atoms with van der Waals surface area (Å²) in [6, 6.07) is 13.8. The number of ether oxygens (including phenoxy) is 3. The van der Waals surface area contributed by atoms with Crippen molar-refractivity contribution in [1.82, 2.24) is 0 Å². The molecule has 0 aliphatic rings. The summed E-state index contributed by atoms with van der Waals surface area (Å²) in [5.74, 6) is 2.35. The van der Waals surface area contributed by atoms with Crippen LogP contribution in [0.4, 0.5) is 5.69 Å². The van der Waals surface area contributed by atoms with Crippen molar-refractivity contribution in [1.29, 1.82) is 0 Å². The van der Waals surface area contributed by atoms with Gasteiger partial charge in [0.15, 0.2) is 11.5 Å². The van der Waals surface area contributed by atoms with Gasteiger partial charge in [-0.05, 0) is 43.7 Å². The first-order valence-electron chi connectivity index (χ1n) is 7.34. The molecule has 0 saturated carbocycles. The highest BCUT2D eigenvalue weighted by Gasteiger charge is 2.07. The fourth-order valence-corrected chi connectivity index (χ4v) is 2.11. The van der Waals surface area contributed by atoms with E-state index in [0.717, 1.165) is 28.5 Å². The summed E-state index contributed by atoms with van der Waals surface area (Å²) in [6.45, 7) is 4.70. The zero-order chi connectivity index (χ0) is 15.9. The van der Waals surface area contributed by atoms with E-state index in [1.165, 1.54) is 0 Å². The average molecular weight is 301 g/mol. The average Bonchev–Trinajstić information content (AvgIpc) is 2.53. The first kappa shape index (κ1) is 16.0.